The largest absolute Gasteiger partial charge is 0.477 e. The zero-order valence-electron chi connectivity index (χ0n) is 27.6. The number of methoxy groups -OCH3 is 1. The summed E-state index contributed by atoms with van der Waals surface area (Å²) in [5.41, 5.74) is -0.626. The van der Waals surface area contributed by atoms with Crippen LogP contribution in [0.4, 0.5) is 4.79 Å². The van der Waals surface area contributed by atoms with Gasteiger partial charge >= 0.3 is 6.09 Å². The summed E-state index contributed by atoms with van der Waals surface area (Å²) in [6.07, 6.45) is 1.99. The average Bonchev–Trinajstić information content (AvgIpc) is 3.98. The van der Waals surface area contributed by atoms with Crippen molar-refractivity contribution in [2.45, 2.75) is 69.3 Å². The van der Waals surface area contributed by atoms with Crippen molar-refractivity contribution in [1.82, 2.24) is 25.2 Å². The monoisotopic (exact) mass is 681 g/mol. The maximum Gasteiger partial charge on any atom is 0.407 e. The predicted octanol–water partition coefficient (Wildman–Crippen LogP) is 2.78. The Morgan fingerprint density at radius 1 is 1.10 bits per heavy atom. The molecule has 5 rings (SSSR count). The molecule has 2 aliphatic carbocycles. The van der Waals surface area contributed by atoms with Crippen LogP contribution in [0.5, 0.6) is 5.88 Å². The number of benzene rings is 1. The van der Waals surface area contributed by atoms with E-state index in [1.165, 1.54) is 18.1 Å². The number of nitrogens with one attached hydrogen (secondary N) is 3. The minimum atomic E-state index is -3.87. The van der Waals surface area contributed by atoms with Crippen LogP contribution in [-0.2, 0) is 29.1 Å². The van der Waals surface area contributed by atoms with E-state index >= 15 is 0 Å². The second-order valence-electron chi connectivity index (χ2n) is 13.8. The van der Waals surface area contributed by atoms with Gasteiger partial charge in [-0.05, 0) is 37.2 Å². The van der Waals surface area contributed by atoms with Crippen LogP contribution >= 0.6 is 0 Å². The zero-order chi connectivity index (χ0) is 34.9. The Morgan fingerprint density at radius 2 is 1.81 bits per heavy atom. The molecule has 48 heavy (non-hydrogen) atoms. The van der Waals surface area contributed by atoms with Crippen molar-refractivity contribution in [3.05, 3.63) is 61.2 Å². The van der Waals surface area contributed by atoms with Gasteiger partial charge < -0.3 is 25.0 Å². The van der Waals surface area contributed by atoms with Crippen molar-refractivity contribution >= 4 is 33.8 Å². The molecule has 258 valence electrons. The molecule has 3 N–H and O–H groups in total. The Balaban J connectivity index is 1.37. The smallest absolute Gasteiger partial charge is 0.407 e. The van der Waals surface area contributed by atoms with Gasteiger partial charge in [0.15, 0.2) is 0 Å². The maximum atomic E-state index is 14.1. The summed E-state index contributed by atoms with van der Waals surface area (Å²) in [4.78, 5) is 59.7. The summed E-state index contributed by atoms with van der Waals surface area (Å²) < 4.78 is 38.2. The number of hydrogen-bond acceptors (Lipinski definition) is 9. The summed E-state index contributed by atoms with van der Waals surface area (Å²) in [7, 11) is -2.68. The van der Waals surface area contributed by atoms with Crippen molar-refractivity contribution in [2.75, 3.05) is 20.3 Å². The van der Waals surface area contributed by atoms with Crippen molar-refractivity contribution in [1.29, 1.82) is 0 Å². The fourth-order valence-corrected chi connectivity index (χ4v) is 7.38. The number of ether oxygens (including phenoxy) is 2. The van der Waals surface area contributed by atoms with E-state index in [1.807, 2.05) is 42.5 Å². The van der Waals surface area contributed by atoms with Crippen LogP contribution in [0.2, 0.25) is 0 Å². The van der Waals surface area contributed by atoms with Gasteiger partial charge in [0.05, 0.1) is 24.7 Å². The van der Waals surface area contributed by atoms with Crippen molar-refractivity contribution in [2.24, 2.45) is 17.3 Å². The van der Waals surface area contributed by atoms with Crippen LogP contribution in [0.25, 0.3) is 11.3 Å². The van der Waals surface area contributed by atoms with Gasteiger partial charge in [0, 0.05) is 30.0 Å². The van der Waals surface area contributed by atoms with Crippen LogP contribution in [0.1, 0.15) is 46.5 Å². The van der Waals surface area contributed by atoms with Crippen molar-refractivity contribution in [3.8, 4) is 17.1 Å². The van der Waals surface area contributed by atoms with E-state index in [0.29, 0.717) is 18.7 Å². The molecule has 2 aromatic rings. The van der Waals surface area contributed by atoms with E-state index < -0.39 is 68.0 Å². The van der Waals surface area contributed by atoms with Gasteiger partial charge in [0.25, 0.3) is 5.91 Å². The highest BCUT2D eigenvalue weighted by molar-refractivity contribution is 7.91. The molecule has 1 aromatic heterocycles. The Kier molecular flexibility index (Phi) is 9.86. The third-order valence-electron chi connectivity index (χ3n) is 9.04. The standard InChI is InChI=1S/C34H43N5O8S/c1-6-23-18-34(23,31(42)38-48(44,45)24-15-16-24)37-29(40)26-17-21(19-39(26)30(41)28(33(2,3)4)36-32(43)46-5)20-47-27-14-10-13-25(35-27)22-11-8-7-9-12-22/h6-14,21,23-24,26,28H,1,15-20H2,2-5H3,(H,36,43)(H,37,40)(H,38,42)/t21-,23+,26+,28-,34-/m1/s1. The molecule has 0 radical (unpaired) electrons. The first-order valence-corrected chi connectivity index (χ1v) is 17.5. The van der Waals surface area contributed by atoms with E-state index in [-0.39, 0.29) is 31.9 Å². The third-order valence-corrected chi connectivity index (χ3v) is 10.9. The average molecular weight is 682 g/mol. The number of amides is 4. The Labute approximate surface area is 280 Å². The molecule has 1 saturated heterocycles. The summed E-state index contributed by atoms with van der Waals surface area (Å²) in [6, 6.07) is 13.0. The van der Waals surface area contributed by atoms with E-state index in [9.17, 15) is 27.6 Å². The minimum Gasteiger partial charge on any atom is -0.477 e. The number of alkyl carbamates (subject to hydrolysis) is 1. The molecule has 0 unspecified atom stereocenters. The Bertz CT molecular complexity index is 1670. The topological polar surface area (TPSA) is 173 Å². The van der Waals surface area contributed by atoms with Gasteiger partial charge in [-0.1, -0.05) is 63.2 Å². The molecule has 0 spiro atoms. The predicted molar refractivity (Wildman–Crippen MR) is 177 cm³/mol. The normalized spacial score (nSPS) is 24.2. The number of sulfonamides is 1. The van der Waals surface area contributed by atoms with Crippen LogP contribution in [0, 0.1) is 17.3 Å². The second-order valence-corrected chi connectivity index (χ2v) is 15.7. The molecular formula is C34H43N5O8S. The highest BCUT2D eigenvalue weighted by Crippen LogP contribution is 2.45. The lowest BCUT2D eigenvalue weighted by Crippen LogP contribution is -2.60. The molecule has 0 bridgehead atoms. The maximum absolute atomic E-state index is 14.1. The number of rotatable bonds is 12. The fourth-order valence-electron chi connectivity index (χ4n) is 6.01. The van der Waals surface area contributed by atoms with Crippen LogP contribution < -0.4 is 20.1 Å². The highest BCUT2D eigenvalue weighted by atomic mass is 32.2. The molecule has 14 heteroatoms. The van der Waals surface area contributed by atoms with Crippen LogP contribution in [0.15, 0.2) is 61.2 Å². The van der Waals surface area contributed by atoms with Gasteiger partial charge in [-0.3, -0.25) is 19.1 Å². The van der Waals surface area contributed by atoms with E-state index in [2.05, 4.69) is 26.9 Å². The molecule has 1 aliphatic heterocycles. The number of pyridine rings is 1. The number of aromatic nitrogens is 1. The first-order valence-electron chi connectivity index (χ1n) is 16.0. The van der Waals surface area contributed by atoms with E-state index in [4.69, 9.17) is 9.47 Å². The summed E-state index contributed by atoms with van der Waals surface area (Å²) >= 11 is 0. The summed E-state index contributed by atoms with van der Waals surface area (Å²) in [5, 5.41) is 4.76. The van der Waals surface area contributed by atoms with Gasteiger partial charge in [-0.2, -0.15) is 0 Å². The Morgan fingerprint density at radius 3 is 2.42 bits per heavy atom. The molecular weight excluding hydrogens is 638 g/mol. The first kappa shape index (κ1) is 34.9. The third kappa shape index (κ3) is 7.64. The second kappa shape index (κ2) is 13.6. The van der Waals surface area contributed by atoms with Crippen LogP contribution in [0.3, 0.4) is 0 Å². The summed E-state index contributed by atoms with van der Waals surface area (Å²) in [5.74, 6) is -2.39. The minimum absolute atomic E-state index is 0.116. The zero-order valence-corrected chi connectivity index (χ0v) is 28.4. The molecule has 3 aliphatic rings. The number of likely N-dealkylation sites (tertiary alicyclic amines) is 1. The number of hydrogen-bond donors (Lipinski definition) is 3. The molecule has 2 saturated carbocycles. The lowest BCUT2D eigenvalue weighted by atomic mass is 9.85. The van der Waals surface area contributed by atoms with E-state index in [0.717, 1.165) is 11.3 Å². The highest BCUT2D eigenvalue weighted by Gasteiger charge is 2.62. The fraction of sp³-hybridized carbons (Fsp3) is 0.500. The SMILES string of the molecule is C=C[C@H]1C[C@]1(NC(=O)[C@@H]1C[C@@H](COc2cccc(-c3ccccc3)n2)CN1C(=O)[C@@H](NC(=O)OC)C(C)(C)C)C(=O)NS(=O)(=O)C1CC1. The van der Waals surface area contributed by atoms with Crippen molar-refractivity contribution < 1.29 is 37.1 Å². The Hall–Kier alpha value is -4.46. The molecule has 1 aromatic carbocycles. The molecule has 2 heterocycles. The van der Waals surface area contributed by atoms with Crippen LogP contribution in [-0.4, -0.2) is 85.3 Å². The molecule has 5 atom stereocenters. The lowest BCUT2D eigenvalue weighted by molar-refractivity contribution is -0.142. The van der Waals surface area contributed by atoms with Gasteiger partial charge in [0.2, 0.25) is 27.7 Å². The number of carbonyl (C=O) groups is 4. The molecule has 13 nitrogen and oxygen atoms in total. The number of nitrogens with zero attached hydrogens (tertiary/aromatic N) is 2. The lowest BCUT2D eigenvalue weighted by Gasteiger charge is -2.35. The molecule has 4 amide bonds. The van der Waals surface area contributed by atoms with Gasteiger partial charge in [-0.15, -0.1) is 6.58 Å². The van der Waals surface area contributed by atoms with Crippen molar-refractivity contribution in [3.63, 3.8) is 0 Å². The number of carbonyl (C=O) groups excluding carboxylic acids is 4. The first-order chi connectivity index (χ1) is 22.7. The summed E-state index contributed by atoms with van der Waals surface area (Å²) in [6.45, 7) is 9.33. The molecule has 3 fully saturated rings. The quantitative estimate of drug-likeness (QED) is 0.285. The van der Waals surface area contributed by atoms with Gasteiger partial charge in [0.1, 0.15) is 17.6 Å². The van der Waals surface area contributed by atoms with E-state index in [1.54, 1.807) is 26.8 Å². The van der Waals surface area contributed by atoms with Gasteiger partial charge in [-0.25, -0.2) is 18.2 Å².